The van der Waals surface area contributed by atoms with Crippen LogP contribution in [0.1, 0.15) is 48.9 Å². The summed E-state index contributed by atoms with van der Waals surface area (Å²) in [4.78, 5) is 2.42. The minimum Gasteiger partial charge on any atom is -0.310 e. The van der Waals surface area contributed by atoms with E-state index in [0.29, 0.717) is 0 Å². The van der Waals surface area contributed by atoms with Crippen LogP contribution in [0.5, 0.6) is 0 Å². The van der Waals surface area contributed by atoms with Crippen LogP contribution in [-0.2, 0) is 5.41 Å². The third-order valence-electron chi connectivity index (χ3n) is 8.65. The number of nitrogens with zero attached hydrogens (tertiary/aromatic N) is 1. The highest BCUT2D eigenvalue weighted by Gasteiger charge is 2.40. The van der Waals surface area contributed by atoms with Gasteiger partial charge in [-0.3, -0.25) is 0 Å². The summed E-state index contributed by atoms with van der Waals surface area (Å²) in [7, 11) is 0. The molecule has 0 aliphatic heterocycles. The summed E-state index contributed by atoms with van der Waals surface area (Å²) in [6.07, 6.45) is 2.18. The van der Waals surface area contributed by atoms with E-state index in [2.05, 4.69) is 148 Å². The molecular weight excluding hydrogens is 458 g/mol. The summed E-state index contributed by atoms with van der Waals surface area (Å²) in [5.41, 5.74) is 14.4. The first-order valence-electron chi connectivity index (χ1n) is 13.8. The van der Waals surface area contributed by atoms with Gasteiger partial charge >= 0.3 is 0 Å². The van der Waals surface area contributed by atoms with Gasteiger partial charge in [0.2, 0.25) is 0 Å². The molecule has 1 nitrogen and oxygen atoms in total. The van der Waals surface area contributed by atoms with Crippen LogP contribution >= 0.6 is 0 Å². The molecule has 0 unspecified atom stereocenters. The smallest absolute Gasteiger partial charge is 0.0467 e. The number of rotatable bonds is 6. The largest absolute Gasteiger partial charge is 0.310 e. The zero-order valence-corrected chi connectivity index (χ0v) is 22.8. The lowest BCUT2D eigenvalue weighted by molar-refractivity contribution is 0.490. The molecule has 0 spiro atoms. The van der Waals surface area contributed by atoms with Gasteiger partial charge in [-0.05, 0) is 108 Å². The van der Waals surface area contributed by atoms with Crippen molar-refractivity contribution in [2.24, 2.45) is 0 Å². The lowest BCUT2D eigenvalue weighted by atomic mass is 9.74. The van der Waals surface area contributed by atoms with Crippen LogP contribution in [0.25, 0.3) is 22.3 Å². The van der Waals surface area contributed by atoms with E-state index in [1.54, 1.807) is 0 Å². The van der Waals surface area contributed by atoms with Crippen LogP contribution < -0.4 is 4.90 Å². The van der Waals surface area contributed by atoms with E-state index >= 15 is 0 Å². The van der Waals surface area contributed by atoms with Crippen LogP contribution in [-0.4, -0.2) is 0 Å². The van der Waals surface area contributed by atoms with Crippen LogP contribution in [0.15, 0.2) is 115 Å². The van der Waals surface area contributed by atoms with E-state index in [0.717, 1.165) is 12.8 Å². The summed E-state index contributed by atoms with van der Waals surface area (Å²) >= 11 is 0. The summed E-state index contributed by atoms with van der Waals surface area (Å²) in [5.74, 6) is 0. The third kappa shape index (κ3) is 3.77. The Morgan fingerprint density at radius 2 is 1.05 bits per heavy atom. The van der Waals surface area contributed by atoms with Gasteiger partial charge < -0.3 is 4.90 Å². The number of benzene rings is 5. The molecule has 0 amide bonds. The number of para-hydroxylation sites is 1. The van der Waals surface area contributed by atoms with Gasteiger partial charge in [0.25, 0.3) is 0 Å². The van der Waals surface area contributed by atoms with Gasteiger partial charge in [0.05, 0.1) is 0 Å². The van der Waals surface area contributed by atoms with E-state index in [9.17, 15) is 0 Å². The van der Waals surface area contributed by atoms with E-state index in [4.69, 9.17) is 0 Å². The van der Waals surface area contributed by atoms with Crippen LogP contribution in [0.3, 0.4) is 0 Å². The van der Waals surface area contributed by atoms with Gasteiger partial charge in [-0.25, -0.2) is 0 Å². The van der Waals surface area contributed by atoms with E-state index in [-0.39, 0.29) is 5.41 Å². The predicted molar refractivity (Wildman–Crippen MR) is 163 cm³/mol. The summed E-state index contributed by atoms with van der Waals surface area (Å²) in [6, 6.07) is 42.5. The van der Waals surface area contributed by atoms with Gasteiger partial charge in [0, 0.05) is 22.5 Å². The minimum atomic E-state index is 0.0455. The second-order valence-electron chi connectivity index (χ2n) is 10.5. The van der Waals surface area contributed by atoms with Crippen molar-refractivity contribution < 1.29 is 0 Å². The molecule has 0 N–H and O–H groups in total. The standard InChI is InChI=1S/C37H35N/c1-5-37(6-2)35-19-13-12-18-32(35)33-23-22-30(25-36(33)37)38(28-15-8-7-9-16-28)29-21-20-27(4)34(24-29)31-17-11-10-14-26(31)3/h7-25H,5-6H2,1-4H3. The quantitative estimate of drug-likeness (QED) is 0.227. The summed E-state index contributed by atoms with van der Waals surface area (Å²) in [6.45, 7) is 9.09. The van der Waals surface area contributed by atoms with E-state index < -0.39 is 0 Å². The molecule has 0 heterocycles. The lowest BCUT2D eigenvalue weighted by Crippen LogP contribution is -2.23. The van der Waals surface area contributed by atoms with Gasteiger partial charge in [-0.1, -0.05) is 92.7 Å². The molecule has 5 aromatic rings. The highest BCUT2D eigenvalue weighted by molar-refractivity contribution is 5.87. The maximum absolute atomic E-state index is 2.46. The first-order chi connectivity index (χ1) is 18.6. The van der Waals surface area contributed by atoms with Crippen molar-refractivity contribution in [3.05, 3.63) is 138 Å². The van der Waals surface area contributed by atoms with Crippen molar-refractivity contribution in [2.45, 2.75) is 46.0 Å². The molecule has 0 atom stereocenters. The SMILES string of the molecule is CCC1(CC)c2ccccc2-c2ccc(N(c3ccccc3)c3ccc(C)c(-c4ccccc4C)c3)cc21. The van der Waals surface area contributed by atoms with Crippen LogP contribution in [0.2, 0.25) is 0 Å². The number of hydrogen-bond donors (Lipinski definition) is 0. The van der Waals surface area contributed by atoms with Crippen molar-refractivity contribution in [2.75, 3.05) is 4.90 Å². The molecule has 0 radical (unpaired) electrons. The van der Waals surface area contributed by atoms with Crippen LogP contribution in [0.4, 0.5) is 17.1 Å². The topological polar surface area (TPSA) is 3.24 Å². The Labute approximate surface area is 227 Å². The van der Waals surface area contributed by atoms with E-state index in [1.165, 1.54) is 61.6 Å². The Kier molecular flexibility index (Phi) is 6.16. The minimum absolute atomic E-state index is 0.0455. The molecule has 0 bridgehead atoms. The highest BCUT2D eigenvalue weighted by atomic mass is 15.1. The molecule has 0 aromatic heterocycles. The third-order valence-corrected chi connectivity index (χ3v) is 8.65. The van der Waals surface area contributed by atoms with Gasteiger partial charge in [0.1, 0.15) is 0 Å². The first kappa shape index (κ1) is 24.2. The zero-order chi connectivity index (χ0) is 26.3. The maximum Gasteiger partial charge on any atom is 0.0467 e. The Bertz CT molecular complexity index is 1610. The maximum atomic E-state index is 2.46. The predicted octanol–water partition coefficient (Wildman–Crippen LogP) is 10.5. The lowest BCUT2D eigenvalue weighted by Gasteiger charge is -2.32. The monoisotopic (exact) mass is 493 g/mol. The first-order valence-corrected chi connectivity index (χ1v) is 13.8. The average molecular weight is 494 g/mol. The zero-order valence-electron chi connectivity index (χ0n) is 22.8. The fourth-order valence-corrected chi connectivity index (χ4v) is 6.53. The van der Waals surface area contributed by atoms with Crippen molar-refractivity contribution in [3.63, 3.8) is 0 Å². The molecule has 1 aliphatic rings. The second-order valence-corrected chi connectivity index (χ2v) is 10.5. The fraction of sp³-hybridized carbons (Fsp3) is 0.189. The van der Waals surface area contributed by atoms with Crippen molar-refractivity contribution in [3.8, 4) is 22.3 Å². The molecule has 5 aromatic carbocycles. The second kappa shape index (κ2) is 9.65. The van der Waals surface area contributed by atoms with Crippen molar-refractivity contribution in [1.82, 2.24) is 0 Å². The Balaban J connectivity index is 1.56. The van der Waals surface area contributed by atoms with Gasteiger partial charge in [-0.2, -0.15) is 0 Å². The van der Waals surface area contributed by atoms with Crippen molar-refractivity contribution in [1.29, 1.82) is 0 Å². The number of fused-ring (bicyclic) bond motifs is 3. The van der Waals surface area contributed by atoms with Crippen molar-refractivity contribution >= 4 is 17.1 Å². The molecule has 0 fully saturated rings. The molecule has 38 heavy (non-hydrogen) atoms. The summed E-state index contributed by atoms with van der Waals surface area (Å²) in [5, 5.41) is 0. The fourth-order valence-electron chi connectivity index (χ4n) is 6.53. The molecule has 0 saturated carbocycles. The number of hydrogen-bond acceptors (Lipinski definition) is 1. The molecule has 188 valence electrons. The van der Waals surface area contributed by atoms with Gasteiger partial charge in [-0.15, -0.1) is 0 Å². The highest BCUT2D eigenvalue weighted by Crippen LogP contribution is 2.54. The molecule has 6 rings (SSSR count). The number of anilines is 3. The van der Waals surface area contributed by atoms with E-state index in [1.807, 2.05) is 0 Å². The molecule has 1 aliphatic carbocycles. The van der Waals surface area contributed by atoms with Crippen LogP contribution in [0, 0.1) is 13.8 Å². The molecule has 0 saturated heterocycles. The Morgan fingerprint density at radius 1 is 0.474 bits per heavy atom. The Hall–Kier alpha value is -4.10. The normalized spacial score (nSPS) is 13.2. The Morgan fingerprint density at radius 3 is 1.79 bits per heavy atom. The average Bonchev–Trinajstić information content (AvgIpc) is 3.24. The molecular formula is C37H35N. The summed E-state index contributed by atoms with van der Waals surface area (Å²) < 4.78 is 0. The number of aryl methyl sites for hydroxylation is 2. The van der Waals surface area contributed by atoms with Gasteiger partial charge in [0.15, 0.2) is 0 Å². The molecule has 1 heteroatoms.